The fraction of sp³-hybridized carbons (Fsp3) is 0.500. The Morgan fingerprint density at radius 2 is 1.70 bits per heavy atom. The second-order valence-corrected chi connectivity index (χ2v) is 7.39. The van der Waals surface area contributed by atoms with Crippen LogP contribution in [0.15, 0.2) is 29.2 Å². The van der Waals surface area contributed by atoms with E-state index in [1.54, 1.807) is 12.1 Å². The van der Waals surface area contributed by atoms with Gasteiger partial charge in [-0.15, -0.1) is 0 Å². The van der Waals surface area contributed by atoms with Crippen molar-refractivity contribution < 1.29 is 13.2 Å². The van der Waals surface area contributed by atoms with Crippen LogP contribution in [0.3, 0.4) is 0 Å². The minimum absolute atomic E-state index is 0.114. The molecule has 0 fully saturated rings. The van der Waals surface area contributed by atoms with E-state index in [0.29, 0.717) is 12.2 Å². The van der Waals surface area contributed by atoms with Crippen molar-refractivity contribution in [3.05, 3.63) is 24.3 Å². The number of carbonyl (C=O) groups excluding carboxylic acids is 1. The molecule has 1 rings (SSSR count). The smallest absolute Gasteiger partial charge is 0.240 e. The van der Waals surface area contributed by atoms with E-state index in [2.05, 4.69) is 10.0 Å². The molecular weight excluding hydrogens is 276 g/mol. The molecule has 0 heterocycles. The third-order valence-electron chi connectivity index (χ3n) is 2.65. The molecule has 1 amide bonds. The summed E-state index contributed by atoms with van der Waals surface area (Å²) in [5, 5.41) is 2.75. The van der Waals surface area contributed by atoms with Crippen LogP contribution in [0.1, 0.15) is 34.1 Å². The molecule has 0 atom stereocenters. The third-order valence-corrected chi connectivity index (χ3v) is 4.12. The summed E-state index contributed by atoms with van der Waals surface area (Å²) in [4.78, 5) is 12.0. The molecule has 5 nitrogen and oxygen atoms in total. The van der Waals surface area contributed by atoms with Gasteiger partial charge in [0.1, 0.15) is 0 Å². The fourth-order valence-corrected chi connectivity index (χ4v) is 2.49. The minimum Gasteiger partial charge on any atom is -0.326 e. The number of anilines is 1. The maximum absolute atomic E-state index is 11.9. The highest BCUT2D eigenvalue weighted by atomic mass is 32.2. The summed E-state index contributed by atoms with van der Waals surface area (Å²) in [6, 6.07) is 6.14. The van der Waals surface area contributed by atoms with Gasteiger partial charge in [-0.2, -0.15) is 0 Å². The maximum atomic E-state index is 11.9. The van der Waals surface area contributed by atoms with Crippen molar-refractivity contribution in [2.75, 3.05) is 11.9 Å². The zero-order valence-corrected chi connectivity index (χ0v) is 13.2. The zero-order valence-electron chi connectivity index (χ0n) is 12.4. The van der Waals surface area contributed by atoms with E-state index >= 15 is 0 Å². The van der Waals surface area contributed by atoms with Gasteiger partial charge in [0.15, 0.2) is 0 Å². The molecule has 0 spiro atoms. The number of sulfonamides is 1. The second-order valence-electron chi connectivity index (χ2n) is 5.63. The average Bonchev–Trinajstić information content (AvgIpc) is 2.36. The van der Waals surface area contributed by atoms with Crippen molar-refractivity contribution >= 4 is 21.6 Å². The van der Waals surface area contributed by atoms with Gasteiger partial charge < -0.3 is 5.32 Å². The number of benzene rings is 1. The fourth-order valence-electron chi connectivity index (χ4n) is 1.36. The molecule has 1 aromatic rings. The Balaban J connectivity index is 2.82. The number of amides is 1. The van der Waals surface area contributed by atoms with E-state index in [0.717, 1.165) is 6.42 Å². The van der Waals surface area contributed by atoms with Gasteiger partial charge in [-0.05, 0) is 30.7 Å². The molecule has 0 radical (unpaired) electrons. The van der Waals surface area contributed by atoms with Gasteiger partial charge >= 0.3 is 0 Å². The van der Waals surface area contributed by atoms with Crippen molar-refractivity contribution in [3.8, 4) is 0 Å². The normalized spacial score (nSPS) is 12.2. The lowest BCUT2D eigenvalue weighted by Crippen LogP contribution is -2.27. The molecule has 0 aliphatic heterocycles. The first-order valence-electron chi connectivity index (χ1n) is 6.58. The minimum atomic E-state index is -3.46. The second kappa shape index (κ2) is 6.37. The van der Waals surface area contributed by atoms with Crippen molar-refractivity contribution in [1.29, 1.82) is 0 Å². The summed E-state index contributed by atoms with van der Waals surface area (Å²) in [6.45, 7) is 7.75. The predicted molar refractivity (Wildman–Crippen MR) is 80.0 cm³/mol. The SMILES string of the molecule is CCCNS(=O)(=O)c1ccc(NC(=O)C(C)(C)C)cc1. The Morgan fingerprint density at radius 1 is 1.15 bits per heavy atom. The quantitative estimate of drug-likeness (QED) is 0.876. The van der Waals surface area contributed by atoms with E-state index in [1.165, 1.54) is 12.1 Å². The predicted octanol–water partition coefficient (Wildman–Crippen LogP) is 2.36. The van der Waals surface area contributed by atoms with E-state index in [1.807, 2.05) is 27.7 Å². The summed E-state index contributed by atoms with van der Waals surface area (Å²) in [6.07, 6.45) is 0.735. The lowest BCUT2D eigenvalue weighted by Gasteiger charge is -2.17. The summed E-state index contributed by atoms with van der Waals surface area (Å²) in [5.41, 5.74) is 0.0901. The zero-order chi connectivity index (χ0) is 15.4. The van der Waals surface area contributed by atoms with Gasteiger partial charge in [-0.3, -0.25) is 4.79 Å². The van der Waals surface area contributed by atoms with E-state index in [-0.39, 0.29) is 10.8 Å². The highest BCUT2D eigenvalue weighted by Gasteiger charge is 2.21. The van der Waals surface area contributed by atoms with Crippen LogP contribution in [0.5, 0.6) is 0 Å². The molecular formula is C14H22N2O3S. The molecule has 6 heteroatoms. The Labute approximate surface area is 120 Å². The van der Waals surface area contributed by atoms with Gasteiger partial charge in [-0.1, -0.05) is 27.7 Å². The van der Waals surface area contributed by atoms with Gasteiger partial charge in [0.2, 0.25) is 15.9 Å². The van der Waals surface area contributed by atoms with Crippen LogP contribution in [0.25, 0.3) is 0 Å². The summed E-state index contributed by atoms with van der Waals surface area (Å²) in [7, 11) is -3.46. The molecule has 1 aromatic carbocycles. The van der Waals surface area contributed by atoms with Crippen molar-refractivity contribution in [1.82, 2.24) is 4.72 Å². The average molecular weight is 298 g/mol. The molecule has 0 unspecified atom stereocenters. The van der Waals surface area contributed by atoms with Gasteiger partial charge in [-0.25, -0.2) is 13.1 Å². The number of carbonyl (C=O) groups is 1. The first-order valence-corrected chi connectivity index (χ1v) is 8.06. The number of nitrogens with one attached hydrogen (secondary N) is 2. The first-order chi connectivity index (χ1) is 9.16. The summed E-state index contributed by atoms with van der Waals surface area (Å²) < 4.78 is 26.3. The van der Waals surface area contributed by atoms with Crippen LogP contribution < -0.4 is 10.0 Å². The van der Waals surface area contributed by atoms with Crippen molar-refractivity contribution in [2.45, 2.75) is 39.0 Å². The first kappa shape index (κ1) is 16.7. The number of hydrogen-bond donors (Lipinski definition) is 2. The molecule has 0 bridgehead atoms. The molecule has 0 saturated carbocycles. The highest BCUT2D eigenvalue weighted by molar-refractivity contribution is 7.89. The molecule has 0 aromatic heterocycles. The Morgan fingerprint density at radius 3 is 2.15 bits per heavy atom. The number of hydrogen-bond acceptors (Lipinski definition) is 3. The molecule has 0 aliphatic carbocycles. The van der Waals surface area contributed by atoms with Crippen LogP contribution in [0.2, 0.25) is 0 Å². The van der Waals surface area contributed by atoms with E-state index in [4.69, 9.17) is 0 Å². The lowest BCUT2D eigenvalue weighted by molar-refractivity contribution is -0.123. The summed E-state index contributed by atoms with van der Waals surface area (Å²) >= 11 is 0. The molecule has 20 heavy (non-hydrogen) atoms. The molecule has 0 saturated heterocycles. The van der Waals surface area contributed by atoms with Crippen LogP contribution in [-0.2, 0) is 14.8 Å². The summed E-state index contributed by atoms with van der Waals surface area (Å²) in [5.74, 6) is -0.114. The van der Waals surface area contributed by atoms with Crippen LogP contribution in [0, 0.1) is 5.41 Å². The Kier molecular flexibility index (Phi) is 5.30. The third kappa shape index (κ3) is 4.61. The van der Waals surface area contributed by atoms with Crippen LogP contribution in [-0.4, -0.2) is 20.9 Å². The van der Waals surface area contributed by atoms with E-state index in [9.17, 15) is 13.2 Å². The monoisotopic (exact) mass is 298 g/mol. The topological polar surface area (TPSA) is 75.3 Å². The van der Waals surface area contributed by atoms with E-state index < -0.39 is 15.4 Å². The Hall–Kier alpha value is -1.40. The Bertz CT molecular complexity index is 557. The molecule has 112 valence electrons. The highest BCUT2D eigenvalue weighted by Crippen LogP contribution is 2.19. The van der Waals surface area contributed by atoms with Gasteiger partial charge in [0.05, 0.1) is 4.90 Å². The van der Waals surface area contributed by atoms with Gasteiger partial charge in [0.25, 0.3) is 0 Å². The van der Waals surface area contributed by atoms with Crippen LogP contribution in [0.4, 0.5) is 5.69 Å². The standard InChI is InChI=1S/C14H22N2O3S/c1-5-10-15-20(18,19)12-8-6-11(7-9-12)16-13(17)14(2,3)4/h6-9,15H,5,10H2,1-4H3,(H,16,17). The number of rotatable bonds is 5. The maximum Gasteiger partial charge on any atom is 0.240 e. The lowest BCUT2D eigenvalue weighted by atomic mass is 9.95. The van der Waals surface area contributed by atoms with Gasteiger partial charge in [0, 0.05) is 17.6 Å². The van der Waals surface area contributed by atoms with Crippen LogP contribution >= 0.6 is 0 Å². The largest absolute Gasteiger partial charge is 0.326 e. The molecule has 2 N–H and O–H groups in total. The van der Waals surface area contributed by atoms with Crippen molar-refractivity contribution in [3.63, 3.8) is 0 Å². The molecule has 0 aliphatic rings. The van der Waals surface area contributed by atoms with Crippen molar-refractivity contribution in [2.24, 2.45) is 5.41 Å².